The number of amides is 4. The molecular weight excluding hydrogens is 933 g/mol. The maximum absolute atomic E-state index is 14.1. The van der Waals surface area contributed by atoms with Gasteiger partial charge in [0.15, 0.2) is 0 Å². The Bertz CT molecular complexity index is 3460. The van der Waals surface area contributed by atoms with E-state index in [-0.39, 0.29) is 0 Å². The molecule has 0 aromatic heterocycles. The molecule has 320 valence electrons. The number of anilines is 3. The van der Waals surface area contributed by atoms with Crippen LogP contribution in [0, 0.1) is 0 Å². The number of benzene rings is 5. The summed E-state index contributed by atoms with van der Waals surface area (Å²) in [5.41, 5.74) is -0.202. The number of nitrogens with one attached hydrogen (secondary N) is 3. The number of primary amides is 1. The minimum absolute atomic E-state index is 0.676. The number of hydrogen-bond donors (Lipinski definition) is 10. The fraction of sp³-hybridized carbons (Fsp3) is 0. The van der Waals surface area contributed by atoms with E-state index in [1.807, 2.05) is 16.0 Å². The molecule has 11 N–H and O–H groups in total. The Hall–Kier alpha value is -5.71. The van der Waals surface area contributed by atoms with E-state index in [4.69, 9.17) is 5.73 Å². The molecule has 31 heteroatoms. The first-order chi connectivity index (χ1) is 27.3. The second kappa shape index (κ2) is 15.1. The molecule has 5 aromatic carbocycles. The van der Waals surface area contributed by atoms with E-state index < -0.39 is 158 Å². The molecule has 0 aliphatic carbocycles. The van der Waals surface area contributed by atoms with Crippen molar-refractivity contribution < 1.29 is 92.2 Å². The molecule has 0 aliphatic heterocycles. The van der Waals surface area contributed by atoms with Crippen LogP contribution in [0.3, 0.4) is 0 Å². The predicted octanol–water partition coefficient (Wildman–Crippen LogP) is 1.47. The number of urea groups is 1. The van der Waals surface area contributed by atoms with Gasteiger partial charge >= 0.3 is 6.03 Å². The van der Waals surface area contributed by atoms with Crippen molar-refractivity contribution in [3.63, 3.8) is 0 Å². The summed E-state index contributed by atoms with van der Waals surface area (Å²) in [5, 5.41) is 1.91. The van der Waals surface area contributed by atoms with E-state index in [0.29, 0.717) is 6.07 Å². The average Bonchev–Trinajstić information content (AvgIpc) is 3.07. The smallest absolute Gasteiger partial charge is 0.316 e. The van der Waals surface area contributed by atoms with Crippen molar-refractivity contribution in [3.05, 3.63) is 77.9 Å². The quantitative estimate of drug-likeness (QED) is 0.0838. The normalized spacial score (nSPS) is 12.9. The third kappa shape index (κ3) is 8.62. The lowest BCUT2D eigenvalue weighted by molar-refractivity contribution is 0.0990. The summed E-state index contributed by atoms with van der Waals surface area (Å²) in [6, 6.07) is 8.31. The van der Waals surface area contributed by atoms with Gasteiger partial charge in [-0.1, -0.05) is 48.5 Å². The summed E-state index contributed by atoms with van der Waals surface area (Å²) in [4.78, 5) is 27.8. The number of rotatable bonds is 11. The van der Waals surface area contributed by atoms with Gasteiger partial charge in [-0.05, 0) is 18.2 Å². The summed E-state index contributed by atoms with van der Waals surface area (Å²) < 4.78 is 212. The fourth-order valence-electron chi connectivity index (χ4n) is 6.02. The number of carbonyl (C=O) groups is 3. The van der Waals surface area contributed by atoms with Crippen LogP contribution in [-0.2, 0) is 60.7 Å². The lowest BCUT2D eigenvalue weighted by atomic mass is 10.0. The van der Waals surface area contributed by atoms with E-state index in [1.165, 1.54) is 0 Å². The van der Waals surface area contributed by atoms with Crippen molar-refractivity contribution in [2.24, 2.45) is 5.73 Å². The maximum atomic E-state index is 14.1. The molecule has 0 fully saturated rings. The monoisotopic (exact) mass is 954 g/mol. The molecule has 0 saturated heterocycles. The molecule has 0 atom stereocenters. The topological polar surface area (TPSA) is 440 Å². The highest BCUT2D eigenvalue weighted by atomic mass is 32.2. The van der Waals surface area contributed by atoms with Gasteiger partial charge in [-0.25, -0.2) is 4.79 Å². The van der Waals surface area contributed by atoms with Crippen LogP contribution in [0.1, 0.15) is 20.7 Å². The number of hydrogen-bond acceptors (Lipinski definition) is 15. The third-order valence-corrected chi connectivity index (χ3v) is 14.1. The Morgan fingerprint density at radius 2 is 0.750 bits per heavy atom. The second-order valence-electron chi connectivity index (χ2n) is 11.8. The molecule has 0 radical (unpaired) electrons. The Labute approximate surface area is 336 Å². The van der Waals surface area contributed by atoms with Gasteiger partial charge in [-0.15, -0.1) is 0 Å². The van der Waals surface area contributed by atoms with Gasteiger partial charge in [-0.2, -0.15) is 50.5 Å². The second-order valence-corrected chi connectivity index (χ2v) is 19.9. The number of nitrogens with two attached hydrogens (primary N) is 1. The maximum Gasteiger partial charge on any atom is 0.316 e. The van der Waals surface area contributed by atoms with Crippen LogP contribution in [0.25, 0.3) is 21.5 Å². The van der Waals surface area contributed by atoms with Gasteiger partial charge < -0.3 is 21.7 Å². The van der Waals surface area contributed by atoms with E-state index in [1.54, 1.807) is 0 Å². The van der Waals surface area contributed by atoms with Crippen LogP contribution in [0.4, 0.5) is 21.9 Å². The van der Waals surface area contributed by atoms with Crippen molar-refractivity contribution in [3.8, 4) is 0 Å². The Kier molecular flexibility index (Phi) is 11.4. The minimum Gasteiger partial charge on any atom is -0.351 e. The molecule has 5 aromatic rings. The first-order valence-electron chi connectivity index (χ1n) is 15.1. The van der Waals surface area contributed by atoms with E-state index in [9.17, 15) is 92.2 Å². The van der Waals surface area contributed by atoms with Crippen molar-refractivity contribution in [2.75, 3.05) is 16.0 Å². The van der Waals surface area contributed by atoms with Crippen LogP contribution in [0.15, 0.2) is 96.1 Å². The molecule has 4 amide bonds. The minimum atomic E-state index is -6.19. The molecule has 5 rings (SSSR count). The summed E-state index contributed by atoms with van der Waals surface area (Å²) >= 11 is 0. The zero-order valence-corrected chi connectivity index (χ0v) is 33.6. The van der Waals surface area contributed by atoms with Gasteiger partial charge in [0.2, 0.25) is 0 Å². The van der Waals surface area contributed by atoms with E-state index in [2.05, 4.69) is 0 Å². The molecule has 0 spiro atoms. The Morgan fingerprint density at radius 3 is 1.17 bits per heavy atom. The standard InChI is InChI=1S/C29H22N4O21S6/c30-29(36)31-17-11-5-10-16-18(17)20(24(58(46,47)48)26(60(52,53)54)22(16)56(40,41)42)33-28(35)15-9-4-3-8-14(15)27(34)32-19-12-6-1-2-7-13(12)21(55(37,38)39)25(59(49,50)51)23(19)57(43,44)45/h1-11H,(H,32,34)(H,33,35)(H3,30,31,36)(H,37,38,39)(H,40,41,42)(H,43,44,45)(H,46,47,48)(H,49,50,51)(H,52,53,54). The van der Waals surface area contributed by atoms with Crippen LogP contribution < -0.4 is 21.7 Å². The first-order valence-corrected chi connectivity index (χ1v) is 23.8. The molecule has 0 unspecified atom stereocenters. The first kappa shape index (κ1) is 45.4. The van der Waals surface area contributed by atoms with Crippen molar-refractivity contribution in [2.45, 2.75) is 29.4 Å². The number of fused-ring (bicyclic) bond motifs is 2. The van der Waals surface area contributed by atoms with Gasteiger partial charge in [0, 0.05) is 21.5 Å². The number of carbonyl (C=O) groups excluding carboxylic acids is 3. The van der Waals surface area contributed by atoms with Crippen LogP contribution in [0.5, 0.6) is 0 Å². The SMILES string of the molecule is NC(=O)Nc1cccc2c(S(=O)(=O)O)c(S(=O)(=O)O)c(S(=O)(=O)O)c(NC(=O)c3ccccc3C(=O)Nc3c(S(=O)(=O)O)c(S(=O)(=O)O)c(S(=O)(=O)O)c4ccccc34)c12. The summed E-state index contributed by atoms with van der Waals surface area (Å²) in [7, 11) is -36.3. The Morgan fingerprint density at radius 1 is 0.400 bits per heavy atom. The van der Waals surface area contributed by atoms with E-state index >= 15 is 0 Å². The summed E-state index contributed by atoms with van der Waals surface area (Å²) in [6.07, 6.45) is 0. The summed E-state index contributed by atoms with van der Waals surface area (Å²) in [5.74, 6) is -3.38. The van der Waals surface area contributed by atoms with Crippen molar-refractivity contribution in [1.82, 2.24) is 0 Å². The highest BCUT2D eigenvalue weighted by Crippen LogP contribution is 2.46. The van der Waals surface area contributed by atoms with Gasteiger partial charge in [0.25, 0.3) is 72.5 Å². The van der Waals surface area contributed by atoms with Crippen molar-refractivity contribution in [1.29, 1.82) is 0 Å². The highest BCUT2D eigenvalue weighted by Gasteiger charge is 2.41. The highest BCUT2D eigenvalue weighted by molar-refractivity contribution is 7.91. The van der Waals surface area contributed by atoms with Crippen LogP contribution in [0.2, 0.25) is 0 Å². The fourth-order valence-corrected chi connectivity index (χ4v) is 13.1. The van der Waals surface area contributed by atoms with Crippen LogP contribution >= 0.6 is 0 Å². The van der Waals surface area contributed by atoms with Crippen molar-refractivity contribution >= 4 is 117 Å². The molecule has 25 nitrogen and oxygen atoms in total. The molecule has 0 saturated carbocycles. The molecule has 0 bridgehead atoms. The van der Waals surface area contributed by atoms with Crippen LogP contribution in [-0.4, -0.2) is 95.7 Å². The molecular formula is C29H22N4O21S6. The predicted molar refractivity (Wildman–Crippen MR) is 202 cm³/mol. The average molecular weight is 955 g/mol. The zero-order valence-electron chi connectivity index (χ0n) is 28.7. The molecule has 0 aliphatic rings. The summed E-state index contributed by atoms with van der Waals surface area (Å²) in [6.45, 7) is 0. The van der Waals surface area contributed by atoms with Gasteiger partial charge in [0.05, 0.1) is 28.2 Å². The largest absolute Gasteiger partial charge is 0.351 e. The lowest BCUT2D eigenvalue weighted by Gasteiger charge is -2.21. The van der Waals surface area contributed by atoms with Gasteiger partial charge in [-0.3, -0.25) is 36.9 Å². The lowest BCUT2D eigenvalue weighted by Crippen LogP contribution is -2.25. The van der Waals surface area contributed by atoms with E-state index in [0.717, 1.165) is 60.7 Å². The third-order valence-electron chi connectivity index (χ3n) is 7.98. The Balaban J connectivity index is 1.84. The molecule has 60 heavy (non-hydrogen) atoms. The van der Waals surface area contributed by atoms with Gasteiger partial charge in [0.1, 0.15) is 29.4 Å². The molecule has 0 heterocycles. The zero-order chi connectivity index (χ0) is 45.3.